The molecule has 0 aliphatic rings. The van der Waals surface area contributed by atoms with Gasteiger partial charge in [0.15, 0.2) is 0 Å². The first-order chi connectivity index (χ1) is 9.06. The highest BCUT2D eigenvalue weighted by Crippen LogP contribution is 2.26. The van der Waals surface area contributed by atoms with Crippen molar-refractivity contribution in [3.63, 3.8) is 0 Å². The van der Waals surface area contributed by atoms with E-state index in [1.54, 1.807) is 19.9 Å². The first kappa shape index (κ1) is 16.4. The summed E-state index contributed by atoms with van der Waals surface area (Å²) in [6.45, 7) is 9.12. The van der Waals surface area contributed by atoms with E-state index in [-0.39, 0.29) is 5.56 Å². The molecule has 0 aromatic carbocycles. The smallest absolute Gasteiger partial charge is 0.335 e. The van der Waals surface area contributed by atoms with Gasteiger partial charge in [-0.25, -0.2) is 9.78 Å². The van der Waals surface area contributed by atoms with E-state index in [1.807, 2.05) is 20.8 Å². The third-order valence-corrected chi connectivity index (χ3v) is 3.60. The van der Waals surface area contributed by atoms with Crippen LogP contribution in [0.15, 0.2) is 12.1 Å². The molecule has 5 nitrogen and oxygen atoms in total. The van der Waals surface area contributed by atoms with Gasteiger partial charge in [0.05, 0.1) is 16.7 Å². The molecule has 0 atom stereocenters. The molecule has 3 N–H and O–H groups in total. The number of aliphatic hydroxyl groups is 1. The fourth-order valence-electron chi connectivity index (χ4n) is 1.63. The number of carboxylic acids is 1. The number of aromatic nitrogens is 1. The summed E-state index contributed by atoms with van der Waals surface area (Å²) in [6.07, 6.45) is 1.61. The number of hydrogen-bond donors (Lipinski definition) is 3. The van der Waals surface area contributed by atoms with Crippen LogP contribution in [0.5, 0.6) is 0 Å². The Morgan fingerprint density at radius 2 is 1.90 bits per heavy atom. The summed E-state index contributed by atoms with van der Waals surface area (Å²) >= 11 is 0. The number of nitrogens with zero attached hydrogens (tertiary/aromatic N) is 1. The third kappa shape index (κ3) is 3.93. The number of rotatable bonds is 6. The molecule has 0 fully saturated rings. The molecule has 1 rings (SSSR count). The summed E-state index contributed by atoms with van der Waals surface area (Å²) in [7, 11) is 0. The standard InChI is InChI=1S/C15H24N2O3/c1-6-7-11-8-10(13(18)19)9-12(16-11)17-14(2,3)15(4,5)20/h8-9,20H,6-7H2,1-5H3,(H,16,17)(H,18,19). The van der Waals surface area contributed by atoms with E-state index in [9.17, 15) is 9.90 Å². The van der Waals surface area contributed by atoms with Gasteiger partial charge in [-0.1, -0.05) is 13.3 Å². The van der Waals surface area contributed by atoms with E-state index in [0.29, 0.717) is 5.82 Å². The van der Waals surface area contributed by atoms with E-state index in [2.05, 4.69) is 10.3 Å². The van der Waals surface area contributed by atoms with Gasteiger partial charge < -0.3 is 15.5 Å². The van der Waals surface area contributed by atoms with Crippen LogP contribution in [0.25, 0.3) is 0 Å². The predicted molar refractivity (Wildman–Crippen MR) is 79.2 cm³/mol. The zero-order valence-corrected chi connectivity index (χ0v) is 12.8. The topological polar surface area (TPSA) is 82.5 Å². The Morgan fingerprint density at radius 1 is 1.30 bits per heavy atom. The van der Waals surface area contributed by atoms with Gasteiger partial charge in [-0.3, -0.25) is 0 Å². The van der Waals surface area contributed by atoms with E-state index in [4.69, 9.17) is 5.11 Å². The Balaban J connectivity index is 3.14. The van der Waals surface area contributed by atoms with Crippen LogP contribution in [0.4, 0.5) is 5.82 Å². The molecule has 0 spiro atoms. The number of aryl methyl sites for hydroxylation is 1. The number of anilines is 1. The number of hydrogen-bond acceptors (Lipinski definition) is 4. The molecule has 5 heteroatoms. The summed E-state index contributed by atoms with van der Waals surface area (Å²) in [6, 6.07) is 3.09. The van der Waals surface area contributed by atoms with Gasteiger partial charge in [-0.05, 0) is 46.2 Å². The number of carboxylic acid groups (broad SMARTS) is 1. The molecule has 20 heavy (non-hydrogen) atoms. The van der Waals surface area contributed by atoms with Gasteiger partial charge >= 0.3 is 5.97 Å². The SMILES string of the molecule is CCCc1cc(C(=O)O)cc(NC(C)(C)C(C)(C)O)n1. The summed E-state index contributed by atoms with van der Waals surface area (Å²) < 4.78 is 0. The number of aromatic carboxylic acids is 1. The highest BCUT2D eigenvalue weighted by molar-refractivity contribution is 5.88. The minimum absolute atomic E-state index is 0.206. The lowest BCUT2D eigenvalue weighted by Gasteiger charge is -2.38. The minimum Gasteiger partial charge on any atom is -0.478 e. The van der Waals surface area contributed by atoms with Crippen LogP contribution in [0.1, 0.15) is 57.1 Å². The fourth-order valence-corrected chi connectivity index (χ4v) is 1.63. The van der Waals surface area contributed by atoms with Gasteiger partial charge in [0.2, 0.25) is 0 Å². The Bertz CT molecular complexity index is 490. The molecule has 0 amide bonds. The maximum Gasteiger partial charge on any atom is 0.335 e. The van der Waals surface area contributed by atoms with Gasteiger partial charge in [0, 0.05) is 5.69 Å². The van der Waals surface area contributed by atoms with Crippen molar-refractivity contribution in [2.24, 2.45) is 0 Å². The zero-order valence-electron chi connectivity index (χ0n) is 12.8. The molecular formula is C15H24N2O3. The molecule has 0 aliphatic heterocycles. The zero-order chi connectivity index (χ0) is 15.6. The van der Waals surface area contributed by atoms with Crippen molar-refractivity contribution in [1.29, 1.82) is 0 Å². The van der Waals surface area contributed by atoms with Gasteiger partial charge in [-0.2, -0.15) is 0 Å². The van der Waals surface area contributed by atoms with Crippen molar-refractivity contribution in [2.45, 2.75) is 58.6 Å². The number of pyridine rings is 1. The molecule has 0 aliphatic carbocycles. The minimum atomic E-state index is -0.978. The van der Waals surface area contributed by atoms with Gasteiger partial charge in [0.1, 0.15) is 5.82 Å². The van der Waals surface area contributed by atoms with Crippen LogP contribution in [0.3, 0.4) is 0 Å². The second kappa shape index (κ2) is 5.79. The quantitative estimate of drug-likeness (QED) is 0.746. The van der Waals surface area contributed by atoms with E-state index in [0.717, 1.165) is 18.5 Å². The van der Waals surface area contributed by atoms with Crippen molar-refractivity contribution in [3.05, 3.63) is 23.4 Å². The average molecular weight is 280 g/mol. The monoisotopic (exact) mass is 280 g/mol. The summed E-state index contributed by atoms with van der Waals surface area (Å²) in [5, 5.41) is 22.4. The molecule has 0 radical (unpaired) electrons. The lowest BCUT2D eigenvalue weighted by molar-refractivity contribution is 0.0238. The maximum atomic E-state index is 11.2. The summed E-state index contributed by atoms with van der Waals surface area (Å²) in [5.74, 6) is -0.505. The first-order valence-corrected chi connectivity index (χ1v) is 6.81. The molecule has 0 unspecified atom stereocenters. The normalized spacial score (nSPS) is 12.3. The lowest BCUT2D eigenvalue weighted by Crippen LogP contribution is -2.51. The summed E-state index contributed by atoms with van der Waals surface area (Å²) in [5.41, 5.74) is -0.668. The van der Waals surface area contributed by atoms with Crippen LogP contribution in [0.2, 0.25) is 0 Å². The van der Waals surface area contributed by atoms with Crippen LogP contribution in [-0.2, 0) is 6.42 Å². The van der Waals surface area contributed by atoms with Crippen molar-refractivity contribution >= 4 is 11.8 Å². The van der Waals surface area contributed by atoms with Crippen LogP contribution in [0, 0.1) is 0 Å². The highest BCUT2D eigenvalue weighted by Gasteiger charge is 2.35. The fraction of sp³-hybridized carbons (Fsp3) is 0.600. The second-order valence-electron chi connectivity index (χ2n) is 6.10. The van der Waals surface area contributed by atoms with E-state index >= 15 is 0 Å². The van der Waals surface area contributed by atoms with Crippen molar-refractivity contribution < 1.29 is 15.0 Å². The van der Waals surface area contributed by atoms with E-state index in [1.165, 1.54) is 6.07 Å². The largest absolute Gasteiger partial charge is 0.478 e. The molecule has 1 aromatic heterocycles. The Hall–Kier alpha value is -1.62. The van der Waals surface area contributed by atoms with Crippen molar-refractivity contribution in [1.82, 2.24) is 4.98 Å². The van der Waals surface area contributed by atoms with Crippen LogP contribution < -0.4 is 5.32 Å². The van der Waals surface area contributed by atoms with Crippen molar-refractivity contribution in [3.8, 4) is 0 Å². The molecule has 0 saturated heterocycles. The Labute approximate surface area is 120 Å². The Morgan fingerprint density at radius 3 is 2.35 bits per heavy atom. The number of nitrogens with one attached hydrogen (secondary N) is 1. The van der Waals surface area contributed by atoms with E-state index < -0.39 is 17.1 Å². The second-order valence-corrected chi connectivity index (χ2v) is 6.10. The highest BCUT2D eigenvalue weighted by atomic mass is 16.4. The predicted octanol–water partition coefficient (Wildman–Crippen LogP) is 2.69. The third-order valence-electron chi connectivity index (χ3n) is 3.60. The molecule has 0 bridgehead atoms. The number of carbonyl (C=O) groups is 1. The van der Waals surface area contributed by atoms with Crippen LogP contribution in [-0.4, -0.2) is 32.3 Å². The Kier molecular flexibility index (Phi) is 4.76. The first-order valence-electron chi connectivity index (χ1n) is 6.81. The van der Waals surface area contributed by atoms with Gasteiger partial charge in [0.25, 0.3) is 0 Å². The molecular weight excluding hydrogens is 256 g/mol. The molecule has 0 saturated carbocycles. The maximum absolute atomic E-state index is 11.2. The molecule has 1 heterocycles. The van der Waals surface area contributed by atoms with Gasteiger partial charge in [-0.15, -0.1) is 0 Å². The molecule has 112 valence electrons. The molecule has 1 aromatic rings. The van der Waals surface area contributed by atoms with Crippen molar-refractivity contribution in [2.75, 3.05) is 5.32 Å². The van der Waals surface area contributed by atoms with Crippen LogP contribution >= 0.6 is 0 Å². The lowest BCUT2D eigenvalue weighted by atomic mass is 9.86. The summed E-state index contributed by atoms with van der Waals surface area (Å²) in [4.78, 5) is 15.6. The average Bonchev–Trinajstić information content (AvgIpc) is 2.26.